The minimum Gasteiger partial charge on any atom is -0.320 e. The third-order valence-electron chi connectivity index (χ3n) is 8.08. The largest absolute Gasteiger partial charge is 0.320 e. The van der Waals surface area contributed by atoms with Crippen LogP contribution in [0.3, 0.4) is 0 Å². The number of nitrogens with zero attached hydrogens (tertiary/aromatic N) is 5. The van der Waals surface area contributed by atoms with E-state index in [1.807, 2.05) is 175 Å². The molecule has 0 bridgehead atoms. The quantitative estimate of drug-likeness (QED) is 0.186. The second-order valence-corrected chi connectivity index (χ2v) is 11.2. The molecule has 0 saturated heterocycles. The van der Waals surface area contributed by atoms with Gasteiger partial charge in [-0.2, -0.15) is 10.2 Å². The molecule has 0 saturated carbocycles. The maximum atomic E-state index is 12.7. The number of para-hydroxylation sites is 6. The predicted octanol–water partition coefficient (Wildman–Crippen LogP) is 8.39. The Balaban J connectivity index is 0.000000154. The molecule has 0 atom stereocenters. The zero-order valence-electron chi connectivity index (χ0n) is 26.7. The fraction of sp³-hybridized carbons (Fsp3) is 0.0244. The van der Waals surface area contributed by atoms with Gasteiger partial charge in [0, 0.05) is 18.2 Å². The van der Waals surface area contributed by atoms with Crippen molar-refractivity contribution in [2.45, 2.75) is 0 Å². The molecule has 8 nitrogen and oxygen atoms in total. The standard InChI is InChI=1S/C21H17N3O.C20H15N3O/c1-23-19-15-9-8-14-18(19)20(21(23)25)22-24(16-10-4-2-5-11-16)17-12-6-3-7-13-17;24-20-19(17-13-7-8-14-18(17)21-20)22-23(15-9-3-1-4-10-15)16-11-5-2-6-12-16/h2-15H,1H3;1-14H,(H,21,22,24). The highest BCUT2D eigenvalue weighted by molar-refractivity contribution is 6.54. The van der Waals surface area contributed by atoms with Gasteiger partial charge in [-0.3, -0.25) is 9.59 Å². The van der Waals surface area contributed by atoms with E-state index in [4.69, 9.17) is 5.10 Å². The lowest BCUT2D eigenvalue weighted by Gasteiger charge is -2.20. The first-order valence-electron chi connectivity index (χ1n) is 15.8. The van der Waals surface area contributed by atoms with Crippen LogP contribution in [0.2, 0.25) is 0 Å². The van der Waals surface area contributed by atoms with Gasteiger partial charge in [0.1, 0.15) is 0 Å². The van der Waals surface area contributed by atoms with Crippen LogP contribution < -0.4 is 20.2 Å². The molecule has 2 aliphatic heterocycles. The Bertz CT molecular complexity index is 2070. The molecule has 2 heterocycles. The zero-order chi connectivity index (χ0) is 33.6. The number of anilines is 6. The van der Waals surface area contributed by atoms with Crippen LogP contribution in [0.15, 0.2) is 180 Å². The zero-order valence-corrected chi connectivity index (χ0v) is 26.7. The Morgan fingerprint density at radius 3 is 1.35 bits per heavy atom. The van der Waals surface area contributed by atoms with Gasteiger partial charge in [0.05, 0.1) is 34.1 Å². The minimum absolute atomic E-state index is 0.0990. The van der Waals surface area contributed by atoms with Crippen molar-refractivity contribution in [3.05, 3.63) is 181 Å². The van der Waals surface area contributed by atoms with E-state index in [1.54, 1.807) is 17.0 Å². The average molecular weight is 641 g/mol. The fourth-order valence-corrected chi connectivity index (χ4v) is 5.65. The minimum atomic E-state index is -0.187. The first-order chi connectivity index (χ1) is 24.1. The lowest BCUT2D eigenvalue weighted by atomic mass is 10.1. The van der Waals surface area contributed by atoms with Crippen LogP contribution in [0.5, 0.6) is 0 Å². The first-order valence-corrected chi connectivity index (χ1v) is 15.8. The molecular formula is C41H32N6O2. The van der Waals surface area contributed by atoms with E-state index in [1.165, 1.54) is 0 Å². The Morgan fingerprint density at radius 2 is 0.857 bits per heavy atom. The van der Waals surface area contributed by atoms with Crippen LogP contribution >= 0.6 is 0 Å². The topological polar surface area (TPSA) is 80.6 Å². The van der Waals surface area contributed by atoms with Crippen molar-refractivity contribution in [1.82, 2.24) is 0 Å². The summed E-state index contributed by atoms with van der Waals surface area (Å²) in [5.41, 5.74) is 7.81. The average Bonchev–Trinajstić information content (AvgIpc) is 3.61. The van der Waals surface area contributed by atoms with E-state index in [9.17, 15) is 9.59 Å². The Hall–Kier alpha value is -6.80. The number of hydrogen-bond donors (Lipinski definition) is 1. The molecule has 0 aliphatic carbocycles. The summed E-state index contributed by atoms with van der Waals surface area (Å²) in [4.78, 5) is 26.7. The van der Waals surface area contributed by atoms with E-state index in [2.05, 4.69) is 10.4 Å². The first kappa shape index (κ1) is 30.8. The summed E-state index contributed by atoms with van der Waals surface area (Å²) >= 11 is 0. The van der Waals surface area contributed by atoms with Crippen molar-refractivity contribution in [2.24, 2.45) is 10.2 Å². The van der Waals surface area contributed by atoms with Gasteiger partial charge >= 0.3 is 0 Å². The molecule has 0 fully saturated rings. The number of carbonyl (C=O) groups excluding carboxylic acids is 2. The van der Waals surface area contributed by atoms with Gasteiger partial charge < -0.3 is 10.2 Å². The number of fused-ring (bicyclic) bond motifs is 2. The van der Waals surface area contributed by atoms with E-state index in [0.717, 1.165) is 45.3 Å². The molecule has 238 valence electrons. The third kappa shape index (κ3) is 6.43. The highest BCUT2D eigenvalue weighted by Crippen LogP contribution is 2.32. The molecule has 6 aromatic rings. The number of hydrazone groups is 2. The molecule has 1 N–H and O–H groups in total. The number of benzene rings is 6. The molecular weight excluding hydrogens is 608 g/mol. The lowest BCUT2D eigenvalue weighted by molar-refractivity contribution is -0.112. The molecule has 0 aromatic heterocycles. The molecule has 8 heteroatoms. The van der Waals surface area contributed by atoms with Gasteiger partial charge in [-0.1, -0.05) is 109 Å². The van der Waals surface area contributed by atoms with Crippen molar-refractivity contribution < 1.29 is 9.59 Å². The summed E-state index contributed by atoms with van der Waals surface area (Å²) < 4.78 is 0. The summed E-state index contributed by atoms with van der Waals surface area (Å²) in [6.07, 6.45) is 0. The van der Waals surface area contributed by atoms with E-state index in [-0.39, 0.29) is 11.8 Å². The summed E-state index contributed by atoms with van der Waals surface area (Å²) in [6, 6.07) is 54.6. The van der Waals surface area contributed by atoms with Crippen molar-refractivity contribution >= 4 is 57.4 Å². The van der Waals surface area contributed by atoms with Gasteiger partial charge in [0.15, 0.2) is 11.4 Å². The lowest BCUT2D eigenvalue weighted by Crippen LogP contribution is -2.27. The third-order valence-corrected chi connectivity index (χ3v) is 8.08. The number of carbonyl (C=O) groups is 2. The maximum Gasteiger partial charge on any atom is 0.279 e. The van der Waals surface area contributed by atoms with Gasteiger partial charge in [-0.15, -0.1) is 0 Å². The van der Waals surface area contributed by atoms with Crippen molar-refractivity contribution in [3.8, 4) is 0 Å². The van der Waals surface area contributed by atoms with Crippen molar-refractivity contribution in [1.29, 1.82) is 0 Å². The molecule has 0 radical (unpaired) electrons. The summed E-state index contributed by atoms with van der Waals surface area (Å²) in [6.45, 7) is 0. The second kappa shape index (κ2) is 13.9. The summed E-state index contributed by atoms with van der Waals surface area (Å²) in [5.74, 6) is -0.286. The van der Waals surface area contributed by atoms with Crippen LogP contribution in [0.4, 0.5) is 34.1 Å². The van der Waals surface area contributed by atoms with Crippen LogP contribution in [0.1, 0.15) is 11.1 Å². The van der Waals surface area contributed by atoms with Crippen LogP contribution in [-0.2, 0) is 9.59 Å². The summed E-state index contributed by atoms with van der Waals surface area (Å²) in [5, 5.41) is 15.9. The van der Waals surface area contributed by atoms with E-state index < -0.39 is 0 Å². The highest BCUT2D eigenvalue weighted by atomic mass is 16.2. The fourth-order valence-electron chi connectivity index (χ4n) is 5.65. The normalized spacial score (nSPS) is 14.5. The van der Waals surface area contributed by atoms with Gasteiger partial charge in [-0.25, -0.2) is 10.0 Å². The Kier molecular flexibility index (Phi) is 8.75. The smallest absolute Gasteiger partial charge is 0.279 e. The number of rotatable bonds is 6. The molecule has 2 aliphatic rings. The number of nitrogens with one attached hydrogen (secondary N) is 1. The number of amides is 2. The van der Waals surface area contributed by atoms with Gasteiger partial charge in [0.25, 0.3) is 11.8 Å². The molecule has 0 spiro atoms. The Morgan fingerprint density at radius 1 is 0.469 bits per heavy atom. The van der Waals surface area contributed by atoms with Crippen LogP contribution in [0.25, 0.3) is 0 Å². The van der Waals surface area contributed by atoms with E-state index >= 15 is 0 Å². The SMILES string of the molecule is CN1C(=O)C(=NN(c2ccccc2)c2ccccc2)c2ccccc21.O=C1Nc2ccccc2C1=NN(c1ccccc1)c1ccccc1. The van der Waals surface area contributed by atoms with Gasteiger partial charge in [-0.05, 0) is 60.7 Å². The molecule has 2 amide bonds. The summed E-state index contributed by atoms with van der Waals surface area (Å²) in [7, 11) is 1.78. The number of hydrogen-bond acceptors (Lipinski definition) is 6. The predicted molar refractivity (Wildman–Crippen MR) is 198 cm³/mol. The number of likely N-dealkylation sites (N-methyl/N-ethyl adjacent to an activating group) is 1. The molecule has 49 heavy (non-hydrogen) atoms. The second-order valence-electron chi connectivity index (χ2n) is 11.2. The monoisotopic (exact) mass is 640 g/mol. The van der Waals surface area contributed by atoms with Crippen molar-refractivity contribution in [3.63, 3.8) is 0 Å². The molecule has 8 rings (SSSR count). The van der Waals surface area contributed by atoms with Gasteiger partial charge in [0.2, 0.25) is 0 Å². The maximum absolute atomic E-state index is 12.7. The molecule has 0 unspecified atom stereocenters. The van der Waals surface area contributed by atoms with Crippen molar-refractivity contribution in [2.75, 3.05) is 27.3 Å². The highest BCUT2D eigenvalue weighted by Gasteiger charge is 2.32. The Labute approximate surface area is 284 Å². The molecule has 6 aromatic carbocycles. The van der Waals surface area contributed by atoms with Crippen LogP contribution in [0, 0.1) is 0 Å². The van der Waals surface area contributed by atoms with E-state index in [0.29, 0.717) is 11.4 Å². The van der Waals surface area contributed by atoms with Crippen LogP contribution in [-0.4, -0.2) is 30.3 Å².